The van der Waals surface area contributed by atoms with Crippen molar-refractivity contribution in [3.8, 4) is 44.6 Å². The first kappa shape index (κ1) is 26.3. The summed E-state index contributed by atoms with van der Waals surface area (Å²) in [4.78, 5) is 9.43. The standard InChI is InChI=1S/C44H28N2/c1-2-8-33-25-36(18-15-29(33)7-1)44-28-41(32-16-13-30(14-17-32)31-21-23-45-24-22-31)42-27-35(19-20-43(42)46-44)40-26-34-9-3-4-10-37(34)38-11-5-6-12-39(38)40/h1-28H. The number of nitrogens with zero attached hydrogens (tertiary/aromatic N) is 2. The number of rotatable bonds is 4. The van der Waals surface area contributed by atoms with Gasteiger partial charge in [-0.2, -0.15) is 0 Å². The Bertz CT molecular complexity index is 2570. The van der Waals surface area contributed by atoms with Gasteiger partial charge in [0.05, 0.1) is 11.2 Å². The number of pyridine rings is 2. The predicted octanol–water partition coefficient (Wildman–Crippen LogP) is 11.8. The number of hydrogen-bond acceptors (Lipinski definition) is 2. The number of aromatic nitrogens is 2. The third-order valence-corrected chi connectivity index (χ3v) is 9.14. The predicted molar refractivity (Wildman–Crippen MR) is 194 cm³/mol. The second-order valence-electron chi connectivity index (χ2n) is 11.9. The molecule has 214 valence electrons. The van der Waals surface area contributed by atoms with Crippen LogP contribution < -0.4 is 0 Å². The molecule has 0 aliphatic heterocycles. The molecule has 0 radical (unpaired) electrons. The average Bonchev–Trinajstić information content (AvgIpc) is 3.14. The number of fused-ring (bicyclic) bond motifs is 5. The van der Waals surface area contributed by atoms with E-state index in [-0.39, 0.29) is 0 Å². The van der Waals surface area contributed by atoms with E-state index in [1.165, 1.54) is 54.6 Å². The van der Waals surface area contributed by atoms with Gasteiger partial charge in [0.2, 0.25) is 0 Å². The Labute approximate surface area is 267 Å². The summed E-state index contributed by atoms with van der Waals surface area (Å²) in [7, 11) is 0. The van der Waals surface area contributed by atoms with E-state index in [9.17, 15) is 0 Å². The van der Waals surface area contributed by atoms with E-state index in [1.54, 1.807) is 0 Å². The highest BCUT2D eigenvalue weighted by Gasteiger charge is 2.14. The normalized spacial score (nSPS) is 11.5. The van der Waals surface area contributed by atoms with Gasteiger partial charge in [-0.1, -0.05) is 115 Å². The van der Waals surface area contributed by atoms with Gasteiger partial charge in [-0.15, -0.1) is 0 Å². The van der Waals surface area contributed by atoms with Crippen LogP contribution in [0.3, 0.4) is 0 Å². The lowest BCUT2D eigenvalue weighted by Gasteiger charge is -2.15. The van der Waals surface area contributed by atoms with E-state index in [1.807, 2.05) is 12.4 Å². The van der Waals surface area contributed by atoms with Crippen molar-refractivity contribution < 1.29 is 0 Å². The van der Waals surface area contributed by atoms with Gasteiger partial charge in [0.1, 0.15) is 0 Å². The van der Waals surface area contributed by atoms with Crippen molar-refractivity contribution in [3.63, 3.8) is 0 Å². The zero-order chi connectivity index (χ0) is 30.5. The lowest BCUT2D eigenvalue weighted by molar-refractivity contribution is 1.33. The summed E-state index contributed by atoms with van der Waals surface area (Å²) in [5.41, 5.74) is 10.1. The van der Waals surface area contributed by atoms with Gasteiger partial charge in [0.15, 0.2) is 0 Å². The van der Waals surface area contributed by atoms with Crippen LogP contribution in [0.5, 0.6) is 0 Å². The first-order valence-corrected chi connectivity index (χ1v) is 15.6. The molecule has 9 rings (SSSR count). The van der Waals surface area contributed by atoms with Crippen molar-refractivity contribution in [1.29, 1.82) is 0 Å². The highest BCUT2D eigenvalue weighted by molar-refractivity contribution is 6.14. The van der Waals surface area contributed by atoms with Crippen molar-refractivity contribution in [2.75, 3.05) is 0 Å². The van der Waals surface area contributed by atoms with Gasteiger partial charge in [-0.3, -0.25) is 4.98 Å². The molecule has 0 N–H and O–H groups in total. The van der Waals surface area contributed by atoms with Gasteiger partial charge >= 0.3 is 0 Å². The second kappa shape index (κ2) is 10.8. The van der Waals surface area contributed by atoms with Crippen LogP contribution in [0.2, 0.25) is 0 Å². The van der Waals surface area contributed by atoms with Crippen LogP contribution in [-0.4, -0.2) is 9.97 Å². The molecule has 7 aromatic carbocycles. The zero-order valence-corrected chi connectivity index (χ0v) is 25.1. The van der Waals surface area contributed by atoms with Crippen LogP contribution in [0.15, 0.2) is 170 Å². The van der Waals surface area contributed by atoms with Crippen LogP contribution in [0.1, 0.15) is 0 Å². The average molecular weight is 585 g/mol. The molecule has 0 spiro atoms. The number of benzene rings is 7. The Morgan fingerprint density at radius 2 is 0.935 bits per heavy atom. The van der Waals surface area contributed by atoms with Crippen molar-refractivity contribution >= 4 is 43.2 Å². The molecule has 2 nitrogen and oxygen atoms in total. The molecule has 2 aromatic heterocycles. The van der Waals surface area contributed by atoms with Crippen molar-refractivity contribution in [1.82, 2.24) is 9.97 Å². The molecule has 0 saturated heterocycles. The summed E-state index contributed by atoms with van der Waals surface area (Å²) in [6.45, 7) is 0. The quantitative estimate of drug-likeness (QED) is 0.192. The van der Waals surface area contributed by atoms with Crippen LogP contribution in [0.25, 0.3) is 87.9 Å². The van der Waals surface area contributed by atoms with Crippen LogP contribution in [0.4, 0.5) is 0 Å². The molecule has 9 aromatic rings. The highest BCUT2D eigenvalue weighted by atomic mass is 14.7. The minimum absolute atomic E-state index is 0.968. The maximum atomic E-state index is 5.24. The molecule has 46 heavy (non-hydrogen) atoms. The maximum absolute atomic E-state index is 5.24. The zero-order valence-electron chi connectivity index (χ0n) is 25.1. The fourth-order valence-corrected chi connectivity index (χ4v) is 6.81. The van der Waals surface area contributed by atoms with Gasteiger partial charge in [-0.25, -0.2) is 4.98 Å². The molecule has 0 atom stereocenters. The monoisotopic (exact) mass is 584 g/mol. The summed E-state index contributed by atoms with van der Waals surface area (Å²) in [5.74, 6) is 0. The minimum Gasteiger partial charge on any atom is -0.265 e. The fourth-order valence-electron chi connectivity index (χ4n) is 6.81. The van der Waals surface area contributed by atoms with E-state index in [2.05, 4.69) is 163 Å². The van der Waals surface area contributed by atoms with Crippen molar-refractivity contribution in [2.45, 2.75) is 0 Å². The lowest BCUT2D eigenvalue weighted by Crippen LogP contribution is -1.92. The molecule has 0 bridgehead atoms. The van der Waals surface area contributed by atoms with E-state index in [4.69, 9.17) is 4.98 Å². The third-order valence-electron chi connectivity index (χ3n) is 9.14. The SMILES string of the molecule is c1ccc2cc(-c3cc(-c4ccc(-c5ccncc5)cc4)c4cc(-c5cc6ccccc6c6ccccc56)ccc4n3)ccc2c1. The molecule has 0 saturated carbocycles. The van der Waals surface area contributed by atoms with E-state index in [0.29, 0.717) is 0 Å². The Balaban J connectivity index is 1.27. The minimum atomic E-state index is 0.968. The lowest BCUT2D eigenvalue weighted by atomic mass is 9.91. The highest BCUT2D eigenvalue weighted by Crippen LogP contribution is 2.39. The Morgan fingerprint density at radius 1 is 0.326 bits per heavy atom. The van der Waals surface area contributed by atoms with Crippen LogP contribution >= 0.6 is 0 Å². The first-order chi connectivity index (χ1) is 22.8. The van der Waals surface area contributed by atoms with Gasteiger partial charge in [-0.05, 0) is 108 Å². The van der Waals surface area contributed by atoms with E-state index in [0.717, 1.165) is 33.3 Å². The summed E-state index contributed by atoms with van der Waals surface area (Å²) < 4.78 is 0. The van der Waals surface area contributed by atoms with Gasteiger partial charge in [0, 0.05) is 23.3 Å². The molecule has 0 fully saturated rings. The topological polar surface area (TPSA) is 25.8 Å². The second-order valence-corrected chi connectivity index (χ2v) is 11.9. The van der Waals surface area contributed by atoms with Gasteiger partial charge < -0.3 is 0 Å². The summed E-state index contributed by atoms with van der Waals surface area (Å²) >= 11 is 0. The third kappa shape index (κ3) is 4.51. The van der Waals surface area contributed by atoms with Gasteiger partial charge in [0.25, 0.3) is 0 Å². The summed E-state index contributed by atoms with van der Waals surface area (Å²) in [6, 6.07) is 56.8. The summed E-state index contributed by atoms with van der Waals surface area (Å²) in [5, 5.41) is 8.62. The molecular weight excluding hydrogens is 556 g/mol. The molecule has 2 heteroatoms. The van der Waals surface area contributed by atoms with Crippen LogP contribution in [-0.2, 0) is 0 Å². The van der Waals surface area contributed by atoms with E-state index < -0.39 is 0 Å². The smallest absolute Gasteiger partial charge is 0.0716 e. The molecular formula is C44H28N2. The Morgan fingerprint density at radius 3 is 1.76 bits per heavy atom. The first-order valence-electron chi connectivity index (χ1n) is 15.6. The fraction of sp³-hybridized carbons (Fsp3) is 0. The van der Waals surface area contributed by atoms with Crippen molar-refractivity contribution in [2.24, 2.45) is 0 Å². The van der Waals surface area contributed by atoms with E-state index >= 15 is 0 Å². The maximum Gasteiger partial charge on any atom is 0.0716 e. The molecule has 0 amide bonds. The largest absolute Gasteiger partial charge is 0.265 e. The van der Waals surface area contributed by atoms with Crippen molar-refractivity contribution in [3.05, 3.63) is 170 Å². The van der Waals surface area contributed by atoms with Crippen LogP contribution in [0, 0.1) is 0 Å². The summed E-state index contributed by atoms with van der Waals surface area (Å²) in [6.07, 6.45) is 3.68. The molecule has 0 aliphatic rings. The Hall–Kier alpha value is -6.12. The number of hydrogen-bond donors (Lipinski definition) is 0. The Kier molecular flexibility index (Phi) is 6.17. The molecule has 2 heterocycles. The molecule has 0 aliphatic carbocycles. The molecule has 0 unspecified atom stereocenters.